The average molecular weight is 391 g/mol. The van der Waals surface area contributed by atoms with Crippen molar-refractivity contribution in [1.82, 2.24) is 10.2 Å². The summed E-state index contributed by atoms with van der Waals surface area (Å²) in [7, 11) is 1.57. The molecule has 1 aliphatic heterocycles. The van der Waals surface area contributed by atoms with Gasteiger partial charge >= 0.3 is 6.09 Å². The highest BCUT2D eigenvalue weighted by molar-refractivity contribution is 5.92. The third-order valence-corrected chi connectivity index (χ3v) is 4.69. The molecule has 0 aliphatic carbocycles. The van der Waals surface area contributed by atoms with E-state index in [-0.39, 0.29) is 36.9 Å². The van der Waals surface area contributed by atoms with E-state index in [0.29, 0.717) is 44.0 Å². The predicted octanol–water partition coefficient (Wildman–Crippen LogP) is 2.18. The fourth-order valence-electron chi connectivity index (χ4n) is 3.18. The van der Waals surface area contributed by atoms with Crippen molar-refractivity contribution >= 4 is 23.6 Å². The van der Waals surface area contributed by atoms with Crippen molar-refractivity contribution in [3.63, 3.8) is 0 Å². The van der Waals surface area contributed by atoms with Crippen molar-refractivity contribution in [3.05, 3.63) is 24.3 Å². The number of hydrogen-bond acceptors (Lipinski definition) is 5. The summed E-state index contributed by atoms with van der Waals surface area (Å²) >= 11 is 0. The molecular formula is C20H29N3O5. The van der Waals surface area contributed by atoms with E-state index in [1.165, 1.54) is 6.92 Å². The first-order chi connectivity index (χ1) is 13.4. The Hall–Kier alpha value is -2.77. The lowest BCUT2D eigenvalue weighted by atomic mass is 10.1. The lowest BCUT2D eigenvalue weighted by Crippen LogP contribution is -2.47. The molecule has 0 saturated carbocycles. The fourth-order valence-corrected chi connectivity index (χ4v) is 3.18. The summed E-state index contributed by atoms with van der Waals surface area (Å²) in [6.07, 6.45) is 1.28. The molecule has 0 bridgehead atoms. The topological polar surface area (TPSA) is 88.2 Å². The van der Waals surface area contributed by atoms with Gasteiger partial charge in [0, 0.05) is 50.8 Å². The van der Waals surface area contributed by atoms with Crippen LogP contribution in [0.2, 0.25) is 0 Å². The normalized spacial score (nSPS) is 14.3. The molecule has 8 nitrogen and oxygen atoms in total. The molecule has 154 valence electrons. The Balaban J connectivity index is 1.82. The number of nitrogens with zero attached hydrogens (tertiary/aromatic N) is 2. The smallest absolute Gasteiger partial charge is 0.409 e. The van der Waals surface area contributed by atoms with Crippen LogP contribution in [-0.2, 0) is 14.3 Å². The summed E-state index contributed by atoms with van der Waals surface area (Å²) in [5.74, 6) is 0.411. The zero-order chi connectivity index (χ0) is 20.5. The molecular weight excluding hydrogens is 362 g/mol. The summed E-state index contributed by atoms with van der Waals surface area (Å²) in [4.78, 5) is 39.3. The number of hydrogen-bond donors (Lipinski definition) is 1. The Kier molecular flexibility index (Phi) is 8.10. The van der Waals surface area contributed by atoms with E-state index in [0.717, 1.165) is 0 Å². The third kappa shape index (κ3) is 6.14. The van der Waals surface area contributed by atoms with E-state index >= 15 is 0 Å². The van der Waals surface area contributed by atoms with Gasteiger partial charge in [-0.2, -0.15) is 0 Å². The first-order valence-electron chi connectivity index (χ1n) is 9.57. The number of likely N-dealkylation sites (tertiary alicyclic amines) is 1. The van der Waals surface area contributed by atoms with Gasteiger partial charge in [0.15, 0.2) is 0 Å². The Morgan fingerprint density at radius 1 is 1.25 bits per heavy atom. The SMILES string of the molecule is CCOC(=O)N1CCC(NC(=O)CCN(C(C)=O)c2cccc(OC)c2)CC1. The molecule has 1 aromatic carbocycles. The minimum absolute atomic E-state index is 0.0285. The molecule has 28 heavy (non-hydrogen) atoms. The Morgan fingerprint density at radius 2 is 1.96 bits per heavy atom. The lowest BCUT2D eigenvalue weighted by molar-refractivity contribution is -0.122. The quantitative estimate of drug-likeness (QED) is 0.770. The van der Waals surface area contributed by atoms with Crippen LogP contribution in [0.4, 0.5) is 10.5 Å². The second-order valence-corrected chi connectivity index (χ2v) is 6.65. The van der Waals surface area contributed by atoms with Gasteiger partial charge < -0.3 is 24.6 Å². The number of amides is 3. The molecule has 1 saturated heterocycles. The van der Waals surface area contributed by atoms with E-state index < -0.39 is 0 Å². The standard InChI is InChI=1S/C20H29N3O5/c1-4-28-20(26)22-11-8-16(9-12-22)21-19(25)10-13-23(15(2)24)17-6-5-7-18(14-17)27-3/h5-7,14,16H,4,8-13H2,1-3H3,(H,21,25). The van der Waals surface area contributed by atoms with E-state index in [1.54, 1.807) is 36.0 Å². The van der Waals surface area contributed by atoms with Crippen LogP contribution in [0.1, 0.15) is 33.1 Å². The number of carbonyl (C=O) groups is 3. The zero-order valence-electron chi connectivity index (χ0n) is 16.8. The molecule has 1 fully saturated rings. The van der Waals surface area contributed by atoms with Crippen molar-refractivity contribution in [2.24, 2.45) is 0 Å². The number of methoxy groups -OCH3 is 1. The molecule has 1 aliphatic rings. The number of benzene rings is 1. The molecule has 3 amide bonds. The van der Waals surface area contributed by atoms with Gasteiger partial charge in [-0.3, -0.25) is 9.59 Å². The van der Waals surface area contributed by atoms with Crippen molar-refractivity contribution in [3.8, 4) is 5.75 Å². The Bertz CT molecular complexity index is 686. The molecule has 1 N–H and O–H groups in total. The van der Waals surface area contributed by atoms with E-state index in [4.69, 9.17) is 9.47 Å². The number of nitrogens with one attached hydrogen (secondary N) is 1. The second kappa shape index (κ2) is 10.5. The van der Waals surface area contributed by atoms with Crippen LogP contribution in [0.5, 0.6) is 5.75 Å². The van der Waals surface area contributed by atoms with Crippen LogP contribution >= 0.6 is 0 Å². The summed E-state index contributed by atoms with van der Waals surface area (Å²) in [6.45, 7) is 5.02. The number of carbonyl (C=O) groups excluding carboxylic acids is 3. The Labute approximate surface area is 165 Å². The van der Waals surface area contributed by atoms with Crippen LogP contribution in [0.15, 0.2) is 24.3 Å². The van der Waals surface area contributed by atoms with Gasteiger partial charge in [-0.25, -0.2) is 4.79 Å². The number of anilines is 1. The highest BCUT2D eigenvalue weighted by atomic mass is 16.6. The van der Waals surface area contributed by atoms with Gasteiger partial charge in [0.2, 0.25) is 11.8 Å². The van der Waals surface area contributed by atoms with Crippen LogP contribution < -0.4 is 15.0 Å². The second-order valence-electron chi connectivity index (χ2n) is 6.65. The molecule has 0 spiro atoms. The summed E-state index contributed by atoms with van der Waals surface area (Å²) in [6, 6.07) is 7.22. The fraction of sp³-hybridized carbons (Fsp3) is 0.550. The molecule has 0 atom stereocenters. The lowest BCUT2D eigenvalue weighted by Gasteiger charge is -2.31. The maximum Gasteiger partial charge on any atom is 0.409 e. The van der Waals surface area contributed by atoms with E-state index in [1.807, 2.05) is 12.1 Å². The minimum Gasteiger partial charge on any atom is -0.497 e. The van der Waals surface area contributed by atoms with Crippen molar-refractivity contribution < 1.29 is 23.9 Å². The van der Waals surface area contributed by atoms with Crippen LogP contribution in [0.3, 0.4) is 0 Å². The summed E-state index contributed by atoms with van der Waals surface area (Å²) < 4.78 is 10.2. The minimum atomic E-state index is -0.303. The highest BCUT2D eigenvalue weighted by Crippen LogP contribution is 2.21. The molecule has 2 rings (SSSR count). The zero-order valence-corrected chi connectivity index (χ0v) is 16.8. The highest BCUT2D eigenvalue weighted by Gasteiger charge is 2.24. The van der Waals surface area contributed by atoms with E-state index in [9.17, 15) is 14.4 Å². The molecule has 0 unspecified atom stereocenters. The maximum absolute atomic E-state index is 12.3. The van der Waals surface area contributed by atoms with Gasteiger partial charge in [-0.05, 0) is 31.9 Å². The van der Waals surface area contributed by atoms with Crippen LogP contribution in [0, 0.1) is 0 Å². The summed E-state index contributed by atoms with van der Waals surface area (Å²) in [5, 5.41) is 3.00. The largest absolute Gasteiger partial charge is 0.497 e. The maximum atomic E-state index is 12.3. The van der Waals surface area contributed by atoms with Crippen LogP contribution in [-0.4, -0.2) is 62.2 Å². The predicted molar refractivity (Wildman–Crippen MR) is 105 cm³/mol. The molecule has 1 heterocycles. The first kappa shape index (κ1) is 21.5. The van der Waals surface area contributed by atoms with Gasteiger partial charge in [0.05, 0.1) is 13.7 Å². The van der Waals surface area contributed by atoms with Gasteiger partial charge in [0.1, 0.15) is 5.75 Å². The molecule has 0 aromatic heterocycles. The molecule has 1 aromatic rings. The van der Waals surface area contributed by atoms with Gasteiger partial charge in [0.25, 0.3) is 0 Å². The monoisotopic (exact) mass is 391 g/mol. The van der Waals surface area contributed by atoms with Crippen molar-refractivity contribution in [2.45, 2.75) is 39.2 Å². The van der Waals surface area contributed by atoms with Crippen molar-refractivity contribution in [1.29, 1.82) is 0 Å². The third-order valence-electron chi connectivity index (χ3n) is 4.69. The van der Waals surface area contributed by atoms with Crippen LogP contribution in [0.25, 0.3) is 0 Å². The Morgan fingerprint density at radius 3 is 2.57 bits per heavy atom. The average Bonchev–Trinajstić information content (AvgIpc) is 2.68. The molecule has 8 heteroatoms. The first-order valence-corrected chi connectivity index (χ1v) is 9.57. The van der Waals surface area contributed by atoms with E-state index in [2.05, 4.69) is 5.32 Å². The number of piperidine rings is 1. The number of rotatable bonds is 7. The molecule has 0 radical (unpaired) electrons. The number of ether oxygens (including phenoxy) is 2. The summed E-state index contributed by atoms with van der Waals surface area (Å²) in [5.41, 5.74) is 0.697. The van der Waals surface area contributed by atoms with Gasteiger partial charge in [-0.15, -0.1) is 0 Å². The van der Waals surface area contributed by atoms with Crippen molar-refractivity contribution in [2.75, 3.05) is 38.3 Å². The van der Waals surface area contributed by atoms with Gasteiger partial charge in [-0.1, -0.05) is 6.07 Å².